The predicted molar refractivity (Wildman–Crippen MR) is 60.6 cm³/mol. The van der Waals surface area contributed by atoms with Crippen LogP contribution in [0.25, 0.3) is 22.1 Å². The molecular weight excluding hydrogens is 204 g/mol. The van der Waals surface area contributed by atoms with E-state index in [0.717, 1.165) is 22.1 Å². The van der Waals surface area contributed by atoms with Gasteiger partial charge in [0.15, 0.2) is 5.58 Å². The summed E-state index contributed by atoms with van der Waals surface area (Å²) in [5, 5.41) is 8.85. The van der Waals surface area contributed by atoms with Crippen LogP contribution < -0.4 is 5.73 Å². The summed E-state index contributed by atoms with van der Waals surface area (Å²) < 4.78 is 6.75. The molecule has 80 valence electrons. The topological polar surface area (TPSA) is 69.9 Å². The van der Waals surface area contributed by atoms with Gasteiger partial charge in [0.1, 0.15) is 5.82 Å². The summed E-state index contributed by atoms with van der Waals surface area (Å²) in [5.41, 5.74) is 8.58. The van der Waals surface area contributed by atoms with Crippen molar-refractivity contribution in [3.8, 4) is 11.1 Å². The molecule has 0 unspecified atom stereocenters. The van der Waals surface area contributed by atoms with Crippen LogP contribution in [0, 0.1) is 0 Å². The molecule has 0 saturated heterocycles. The van der Waals surface area contributed by atoms with Gasteiger partial charge < -0.3 is 10.3 Å². The summed E-state index contributed by atoms with van der Waals surface area (Å²) in [6.07, 6.45) is 3.44. The molecule has 2 aromatic heterocycles. The molecular formula is C11H10N4O. The minimum absolute atomic E-state index is 0.633. The number of rotatable bonds is 1. The van der Waals surface area contributed by atoms with E-state index >= 15 is 0 Å². The number of hydrogen-bond donors (Lipinski definition) is 1. The first-order chi connectivity index (χ1) is 7.77. The average molecular weight is 214 g/mol. The summed E-state index contributed by atoms with van der Waals surface area (Å²) in [6.45, 7) is 0. The summed E-state index contributed by atoms with van der Waals surface area (Å²) in [4.78, 5) is 0. The maximum Gasteiger partial charge on any atom is 0.167 e. The standard InChI is InChI=1S/C11H10N4O/c1-15-11(12)9(5-13-15)7-3-2-4-10-8(7)6-14-16-10/h2-6H,12H2,1H3. The van der Waals surface area contributed by atoms with Crippen molar-refractivity contribution in [2.45, 2.75) is 0 Å². The summed E-state index contributed by atoms with van der Waals surface area (Å²) in [5.74, 6) is 0.633. The molecule has 0 spiro atoms. The lowest BCUT2D eigenvalue weighted by Gasteiger charge is -2.01. The van der Waals surface area contributed by atoms with Gasteiger partial charge in [-0.15, -0.1) is 0 Å². The van der Waals surface area contributed by atoms with Crippen LogP contribution in [0.1, 0.15) is 0 Å². The Morgan fingerprint density at radius 1 is 1.25 bits per heavy atom. The number of anilines is 1. The lowest BCUT2D eigenvalue weighted by atomic mass is 10.1. The van der Waals surface area contributed by atoms with Gasteiger partial charge in [0, 0.05) is 18.0 Å². The Morgan fingerprint density at radius 3 is 2.88 bits per heavy atom. The Morgan fingerprint density at radius 2 is 2.12 bits per heavy atom. The van der Waals surface area contributed by atoms with E-state index in [1.165, 1.54) is 0 Å². The number of fused-ring (bicyclic) bond motifs is 1. The van der Waals surface area contributed by atoms with Crippen LogP contribution in [0.5, 0.6) is 0 Å². The number of aryl methyl sites for hydroxylation is 1. The maximum absolute atomic E-state index is 5.94. The van der Waals surface area contributed by atoms with Gasteiger partial charge in [0.25, 0.3) is 0 Å². The first-order valence-corrected chi connectivity index (χ1v) is 4.88. The van der Waals surface area contributed by atoms with Crippen LogP contribution in [0.15, 0.2) is 35.1 Å². The van der Waals surface area contributed by atoms with Crippen LogP contribution in [-0.2, 0) is 7.05 Å². The highest BCUT2D eigenvalue weighted by Crippen LogP contribution is 2.31. The summed E-state index contributed by atoms with van der Waals surface area (Å²) >= 11 is 0. The van der Waals surface area contributed by atoms with E-state index in [4.69, 9.17) is 10.3 Å². The normalized spacial score (nSPS) is 11.1. The zero-order valence-corrected chi connectivity index (χ0v) is 8.71. The highest BCUT2D eigenvalue weighted by atomic mass is 16.5. The Hall–Kier alpha value is -2.30. The molecule has 0 fully saturated rings. The third-order valence-corrected chi connectivity index (χ3v) is 2.67. The van der Waals surface area contributed by atoms with Gasteiger partial charge in [-0.05, 0) is 11.6 Å². The fourth-order valence-electron chi connectivity index (χ4n) is 1.78. The fourth-order valence-corrected chi connectivity index (χ4v) is 1.78. The van der Waals surface area contributed by atoms with E-state index in [1.54, 1.807) is 17.1 Å². The second-order valence-corrected chi connectivity index (χ2v) is 3.61. The highest BCUT2D eigenvalue weighted by molar-refractivity contribution is 5.95. The monoisotopic (exact) mass is 214 g/mol. The Balaban J connectivity index is 2.33. The van der Waals surface area contributed by atoms with Crippen molar-refractivity contribution < 1.29 is 4.52 Å². The number of nitrogen functional groups attached to an aromatic ring is 1. The zero-order chi connectivity index (χ0) is 11.1. The van der Waals surface area contributed by atoms with Crippen LogP contribution in [0.4, 0.5) is 5.82 Å². The molecule has 3 aromatic rings. The Labute approximate surface area is 91.4 Å². The predicted octanol–water partition coefficient (Wildman–Crippen LogP) is 1.81. The molecule has 0 aliphatic heterocycles. The molecule has 0 amide bonds. The highest BCUT2D eigenvalue weighted by Gasteiger charge is 2.12. The van der Waals surface area contributed by atoms with Crippen molar-refractivity contribution in [2.75, 3.05) is 5.73 Å². The molecule has 16 heavy (non-hydrogen) atoms. The molecule has 0 aliphatic rings. The summed E-state index contributed by atoms with van der Waals surface area (Å²) in [7, 11) is 1.81. The quantitative estimate of drug-likeness (QED) is 0.670. The second kappa shape index (κ2) is 3.10. The number of hydrogen-bond acceptors (Lipinski definition) is 4. The zero-order valence-electron chi connectivity index (χ0n) is 8.71. The first-order valence-electron chi connectivity index (χ1n) is 4.88. The minimum atomic E-state index is 0.633. The fraction of sp³-hybridized carbons (Fsp3) is 0.0909. The van der Waals surface area contributed by atoms with Crippen molar-refractivity contribution in [2.24, 2.45) is 7.05 Å². The minimum Gasteiger partial charge on any atom is -0.383 e. The van der Waals surface area contributed by atoms with Crippen LogP contribution in [0.2, 0.25) is 0 Å². The lowest BCUT2D eigenvalue weighted by molar-refractivity contribution is 0.456. The molecule has 0 radical (unpaired) electrons. The van der Waals surface area contributed by atoms with E-state index in [9.17, 15) is 0 Å². The van der Waals surface area contributed by atoms with Crippen LogP contribution in [0.3, 0.4) is 0 Å². The van der Waals surface area contributed by atoms with Gasteiger partial charge in [-0.2, -0.15) is 5.10 Å². The molecule has 0 atom stereocenters. The third-order valence-electron chi connectivity index (χ3n) is 2.67. The molecule has 0 saturated carbocycles. The summed E-state index contributed by atoms with van der Waals surface area (Å²) in [6, 6.07) is 5.76. The second-order valence-electron chi connectivity index (χ2n) is 3.61. The van der Waals surface area contributed by atoms with Gasteiger partial charge in [-0.3, -0.25) is 4.68 Å². The lowest BCUT2D eigenvalue weighted by Crippen LogP contribution is -1.98. The molecule has 5 heteroatoms. The average Bonchev–Trinajstić information content (AvgIpc) is 2.87. The Kier molecular flexibility index (Phi) is 1.73. The largest absolute Gasteiger partial charge is 0.383 e. The van der Waals surface area contributed by atoms with E-state index in [-0.39, 0.29) is 0 Å². The molecule has 2 heterocycles. The Bertz CT molecular complexity index is 653. The van der Waals surface area contributed by atoms with Crippen molar-refractivity contribution in [1.29, 1.82) is 0 Å². The van der Waals surface area contributed by atoms with Crippen LogP contribution in [-0.4, -0.2) is 14.9 Å². The van der Waals surface area contributed by atoms with E-state index in [0.29, 0.717) is 5.82 Å². The van der Waals surface area contributed by atoms with Gasteiger partial charge in [-0.25, -0.2) is 0 Å². The van der Waals surface area contributed by atoms with Crippen molar-refractivity contribution in [3.05, 3.63) is 30.6 Å². The van der Waals surface area contributed by atoms with E-state index in [1.807, 2.05) is 25.2 Å². The smallest absolute Gasteiger partial charge is 0.167 e. The molecule has 1 aromatic carbocycles. The molecule has 3 rings (SSSR count). The number of nitrogens with two attached hydrogens (primary N) is 1. The number of benzene rings is 1. The van der Waals surface area contributed by atoms with E-state index in [2.05, 4.69) is 10.3 Å². The SMILES string of the molecule is Cn1ncc(-c2cccc3oncc23)c1N. The van der Waals surface area contributed by atoms with Gasteiger partial charge in [-0.1, -0.05) is 17.3 Å². The van der Waals surface area contributed by atoms with Gasteiger partial charge >= 0.3 is 0 Å². The first kappa shape index (κ1) is 8.96. The van der Waals surface area contributed by atoms with Crippen LogP contribution >= 0.6 is 0 Å². The van der Waals surface area contributed by atoms with Crippen molar-refractivity contribution >= 4 is 16.8 Å². The maximum atomic E-state index is 5.94. The molecule has 0 bridgehead atoms. The van der Waals surface area contributed by atoms with Gasteiger partial charge in [0.2, 0.25) is 0 Å². The molecule has 5 nitrogen and oxygen atoms in total. The van der Waals surface area contributed by atoms with E-state index < -0.39 is 0 Å². The van der Waals surface area contributed by atoms with Gasteiger partial charge in [0.05, 0.1) is 12.4 Å². The van der Waals surface area contributed by atoms with Crippen molar-refractivity contribution in [1.82, 2.24) is 14.9 Å². The number of nitrogens with zero attached hydrogens (tertiary/aromatic N) is 3. The molecule has 0 aliphatic carbocycles. The number of aromatic nitrogens is 3. The van der Waals surface area contributed by atoms with Crippen molar-refractivity contribution in [3.63, 3.8) is 0 Å². The molecule has 2 N–H and O–H groups in total. The third kappa shape index (κ3) is 1.11.